The van der Waals surface area contributed by atoms with Crippen molar-refractivity contribution in [3.05, 3.63) is 35.5 Å². The molecular formula is C14H19N5S. The molecule has 0 aromatic carbocycles. The van der Waals surface area contributed by atoms with Gasteiger partial charge in [-0.25, -0.2) is 9.97 Å². The summed E-state index contributed by atoms with van der Waals surface area (Å²) in [6.45, 7) is 5.26. The molecule has 106 valence electrons. The van der Waals surface area contributed by atoms with E-state index in [0.717, 1.165) is 43.7 Å². The highest BCUT2D eigenvalue weighted by molar-refractivity contribution is 7.13. The molecule has 2 aromatic heterocycles. The number of thiazole rings is 1. The van der Waals surface area contributed by atoms with Crippen LogP contribution in [0.5, 0.6) is 0 Å². The Kier molecular flexibility index (Phi) is 4.13. The summed E-state index contributed by atoms with van der Waals surface area (Å²) in [5.41, 5.74) is 1.31. The molecule has 0 aliphatic carbocycles. The SMILES string of the molecule is CNc1cc(CN2CCN(c3nccs3)CC2)ccn1. The van der Waals surface area contributed by atoms with Crippen LogP contribution in [0.4, 0.5) is 10.9 Å². The molecule has 0 unspecified atom stereocenters. The highest BCUT2D eigenvalue weighted by atomic mass is 32.1. The van der Waals surface area contributed by atoms with E-state index in [-0.39, 0.29) is 0 Å². The van der Waals surface area contributed by atoms with Gasteiger partial charge in [-0.15, -0.1) is 11.3 Å². The van der Waals surface area contributed by atoms with Crippen molar-refractivity contribution in [2.24, 2.45) is 0 Å². The zero-order valence-corrected chi connectivity index (χ0v) is 12.4. The number of nitrogens with one attached hydrogen (secondary N) is 1. The molecule has 0 bridgehead atoms. The van der Waals surface area contributed by atoms with Crippen LogP contribution in [0.1, 0.15) is 5.56 Å². The molecule has 5 nitrogen and oxygen atoms in total. The van der Waals surface area contributed by atoms with Crippen LogP contribution >= 0.6 is 11.3 Å². The van der Waals surface area contributed by atoms with Crippen LogP contribution < -0.4 is 10.2 Å². The Hall–Kier alpha value is -1.66. The Morgan fingerprint density at radius 3 is 2.75 bits per heavy atom. The van der Waals surface area contributed by atoms with Crippen molar-refractivity contribution < 1.29 is 0 Å². The Morgan fingerprint density at radius 2 is 2.05 bits per heavy atom. The lowest BCUT2D eigenvalue weighted by Gasteiger charge is -2.34. The minimum Gasteiger partial charge on any atom is -0.373 e. The predicted octanol–water partition coefficient (Wildman–Crippen LogP) is 1.90. The molecule has 3 heterocycles. The summed E-state index contributed by atoms with van der Waals surface area (Å²) in [7, 11) is 1.90. The van der Waals surface area contributed by atoms with Gasteiger partial charge in [0.05, 0.1) is 0 Å². The van der Waals surface area contributed by atoms with Gasteiger partial charge in [0.1, 0.15) is 5.82 Å². The molecule has 6 heteroatoms. The first-order valence-electron chi connectivity index (χ1n) is 6.84. The van der Waals surface area contributed by atoms with E-state index in [1.54, 1.807) is 11.3 Å². The molecular weight excluding hydrogens is 270 g/mol. The first kappa shape index (κ1) is 13.3. The monoisotopic (exact) mass is 289 g/mol. The maximum atomic E-state index is 4.38. The molecule has 1 saturated heterocycles. The maximum Gasteiger partial charge on any atom is 0.185 e. The number of piperazine rings is 1. The van der Waals surface area contributed by atoms with Gasteiger partial charge in [-0.05, 0) is 17.7 Å². The van der Waals surface area contributed by atoms with Gasteiger partial charge in [0.2, 0.25) is 0 Å². The van der Waals surface area contributed by atoms with Crippen molar-refractivity contribution in [3.63, 3.8) is 0 Å². The van der Waals surface area contributed by atoms with Crippen molar-refractivity contribution in [1.29, 1.82) is 0 Å². The average molecular weight is 289 g/mol. The lowest BCUT2D eigenvalue weighted by molar-refractivity contribution is 0.250. The average Bonchev–Trinajstić information content (AvgIpc) is 3.02. The van der Waals surface area contributed by atoms with Crippen molar-refractivity contribution in [2.45, 2.75) is 6.54 Å². The van der Waals surface area contributed by atoms with Gasteiger partial charge < -0.3 is 10.2 Å². The van der Waals surface area contributed by atoms with Crippen molar-refractivity contribution in [2.75, 3.05) is 43.4 Å². The molecule has 1 N–H and O–H groups in total. The standard InChI is InChI=1S/C14H19N5S/c1-15-13-10-12(2-3-16-13)11-18-5-7-19(8-6-18)14-17-4-9-20-14/h2-4,9-10H,5-8,11H2,1H3,(H,15,16). The largest absolute Gasteiger partial charge is 0.373 e. The number of pyridine rings is 1. The molecule has 1 fully saturated rings. The van der Waals surface area contributed by atoms with E-state index in [2.05, 4.69) is 37.2 Å². The van der Waals surface area contributed by atoms with Crippen LogP contribution in [0.2, 0.25) is 0 Å². The van der Waals surface area contributed by atoms with Gasteiger partial charge in [0.25, 0.3) is 0 Å². The maximum absolute atomic E-state index is 4.38. The minimum absolute atomic E-state index is 0.934. The minimum atomic E-state index is 0.934. The van der Waals surface area contributed by atoms with E-state index in [4.69, 9.17) is 0 Å². The van der Waals surface area contributed by atoms with Crippen LogP contribution in [-0.4, -0.2) is 48.1 Å². The van der Waals surface area contributed by atoms with Gasteiger partial charge in [0.15, 0.2) is 5.13 Å². The Morgan fingerprint density at radius 1 is 1.20 bits per heavy atom. The number of hydrogen-bond acceptors (Lipinski definition) is 6. The summed E-state index contributed by atoms with van der Waals surface area (Å²) in [5, 5.41) is 6.27. The second-order valence-corrected chi connectivity index (χ2v) is 5.75. The third kappa shape index (κ3) is 3.08. The molecule has 1 aliphatic rings. The molecule has 1 aliphatic heterocycles. The van der Waals surface area contributed by atoms with E-state index in [1.807, 2.05) is 24.8 Å². The zero-order valence-electron chi connectivity index (χ0n) is 11.6. The van der Waals surface area contributed by atoms with Crippen molar-refractivity contribution >= 4 is 22.3 Å². The van der Waals surface area contributed by atoms with Crippen molar-refractivity contribution in [1.82, 2.24) is 14.9 Å². The highest BCUT2D eigenvalue weighted by Crippen LogP contribution is 2.19. The molecule has 2 aromatic rings. The van der Waals surface area contributed by atoms with E-state index < -0.39 is 0 Å². The number of anilines is 2. The molecule has 0 atom stereocenters. The summed E-state index contributed by atoms with van der Waals surface area (Å²) in [5.74, 6) is 0.934. The molecule has 3 rings (SSSR count). The predicted molar refractivity (Wildman–Crippen MR) is 83.4 cm³/mol. The molecule has 20 heavy (non-hydrogen) atoms. The Bertz CT molecular complexity index is 534. The topological polar surface area (TPSA) is 44.3 Å². The summed E-state index contributed by atoms with van der Waals surface area (Å²) in [4.78, 5) is 13.5. The summed E-state index contributed by atoms with van der Waals surface area (Å²) < 4.78 is 0. The highest BCUT2D eigenvalue weighted by Gasteiger charge is 2.18. The summed E-state index contributed by atoms with van der Waals surface area (Å²) >= 11 is 1.72. The van der Waals surface area contributed by atoms with Gasteiger partial charge >= 0.3 is 0 Å². The van der Waals surface area contributed by atoms with Crippen LogP contribution in [0.15, 0.2) is 29.9 Å². The van der Waals surface area contributed by atoms with E-state index in [9.17, 15) is 0 Å². The lowest BCUT2D eigenvalue weighted by atomic mass is 10.2. The van der Waals surface area contributed by atoms with E-state index in [0.29, 0.717) is 0 Å². The summed E-state index contributed by atoms with van der Waals surface area (Å²) in [6.07, 6.45) is 3.75. The Balaban J connectivity index is 1.55. The normalized spacial score (nSPS) is 16.4. The fraction of sp³-hybridized carbons (Fsp3) is 0.429. The number of hydrogen-bond donors (Lipinski definition) is 1. The van der Waals surface area contributed by atoms with Gasteiger partial charge in [-0.1, -0.05) is 0 Å². The fourth-order valence-electron chi connectivity index (χ4n) is 2.44. The van der Waals surface area contributed by atoms with Crippen LogP contribution in [0.3, 0.4) is 0 Å². The van der Waals surface area contributed by atoms with Crippen molar-refractivity contribution in [3.8, 4) is 0 Å². The third-order valence-corrected chi connectivity index (χ3v) is 4.38. The second-order valence-electron chi connectivity index (χ2n) is 4.88. The number of aromatic nitrogens is 2. The van der Waals surface area contributed by atoms with Crippen LogP contribution in [0.25, 0.3) is 0 Å². The molecule has 0 saturated carbocycles. The Labute approximate surface area is 123 Å². The molecule has 0 radical (unpaired) electrons. The second kappa shape index (κ2) is 6.19. The quantitative estimate of drug-likeness (QED) is 0.931. The number of rotatable bonds is 4. The molecule has 0 amide bonds. The molecule has 0 spiro atoms. The first-order valence-corrected chi connectivity index (χ1v) is 7.72. The number of nitrogens with zero attached hydrogens (tertiary/aromatic N) is 4. The summed E-state index contributed by atoms with van der Waals surface area (Å²) in [6, 6.07) is 4.21. The lowest BCUT2D eigenvalue weighted by Crippen LogP contribution is -2.45. The fourth-order valence-corrected chi connectivity index (χ4v) is 3.13. The van der Waals surface area contributed by atoms with E-state index in [1.165, 1.54) is 5.56 Å². The van der Waals surface area contributed by atoms with Gasteiger partial charge in [0, 0.05) is 57.5 Å². The third-order valence-electron chi connectivity index (χ3n) is 3.55. The van der Waals surface area contributed by atoms with Crippen LogP contribution in [0, 0.1) is 0 Å². The zero-order chi connectivity index (χ0) is 13.8. The van der Waals surface area contributed by atoms with Crippen LogP contribution in [-0.2, 0) is 6.54 Å². The van der Waals surface area contributed by atoms with Gasteiger partial charge in [-0.2, -0.15) is 0 Å². The van der Waals surface area contributed by atoms with Gasteiger partial charge in [-0.3, -0.25) is 4.90 Å². The smallest absolute Gasteiger partial charge is 0.185 e. The first-order chi connectivity index (χ1) is 9.85. The van der Waals surface area contributed by atoms with E-state index >= 15 is 0 Å².